The molecule has 1 aromatic rings. The first-order chi connectivity index (χ1) is 13.3. The molecule has 3 heterocycles. The Labute approximate surface area is 166 Å². The number of amides is 2. The van der Waals surface area contributed by atoms with Crippen LogP contribution in [0.4, 0.5) is 0 Å². The zero-order valence-electron chi connectivity index (χ0n) is 16.9. The summed E-state index contributed by atoms with van der Waals surface area (Å²) in [6, 6.07) is 0.237. The highest BCUT2D eigenvalue weighted by atomic mass is 16.3. The monoisotopic (exact) mass is 389 g/mol. The zero-order chi connectivity index (χ0) is 20.1. The average molecular weight is 390 g/mol. The lowest BCUT2D eigenvalue weighted by molar-refractivity contribution is -0.120. The van der Waals surface area contributed by atoms with Gasteiger partial charge in [-0.2, -0.15) is 0 Å². The number of carbonyl (C=O) groups is 2. The van der Waals surface area contributed by atoms with Gasteiger partial charge in [0, 0.05) is 51.9 Å². The van der Waals surface area contributed by atoms with Gasteiger partial charge in [-0.05, 0) is 39.0 Å². The summed E-state index contributed by atoms with van der Waals surface area (Å²) in [4.78, 5) is 36.3. The van der Waals surface area contributed by atoms with Crippen molar-refractivity contribution in [1.29, 1.82) is 0 Å². The summed E-state index contributed by atoms with van der Waals surface area (Å²) in [6.45, 7) is 6.90. The summed E-state index contributed by atoms with van der Waals surface area (Å²) in [6.07, 6.45) is 6.95. The van der Waals surface area contributed by atoms with Crippen LogP contribution in [0.1, 0.15) is 55.2 Å². The summed E-state index contributed by atoms with van der Waals surface area (Å²) in [5, 5.41) is 14.1. The van der Waals surface area contributed by atoms with Crippen LogP contribution >= 0.6 is 0 Å². The number of carbonyl (C=O) groups excluding carboxylic acids is 2. The number of aliphatic hydroxyl groups is 1. The highest BCUT2D eigenvalue weighted by molar-refractivity contribution is 5.92. The summed E-state index contributed by atoms with van der Waals surface area (Å²) in [5.41, 5.74) is 0.356. The maximum atomic E-state index is 12.7. The standard InChI is InChI=1S/C20H31N5O3/c1-15-12-22-18(13-21-15)19(27)25-8-3-6-20(28,7-11-25)14-24-9-4-17(5-10-24)23-16(2)26/h12-13,17,28H,3-11,14H2,1-2H3,(H,23,26)/t20-/m0/s1. The summed E-state index contributed by atoms with van der Waals surface area (Å²) < 4.78 is 0. The second kappa shape index (κ2) is 8.96. The van der Waals surface area contributed by atoms with E-state index in [1.165, 1.54) is 6.20 Å². The van der Waals surface area contributed by atoms with Crippen LogP contribution in [0.5, 0.6) is 0 Å². The molecule has 8 nitrogen and oxygen atoms in total. The molecule has 0 saturated carbocycles. The first-order valence-electron chi connectivity index (χ1n) is 10.1. The third kappa shape index (κ3) is 5.48. The normalized spacial score (nSPS) is 24.6. The summed E-state index contributed by atoms with van der Waals surface area (Å²) >= 11 is 0. The van der Waals surface area contributed by atoms with Gasteiger partial charge in [0.15, 0.2) is 0 Å². The van der Waals surface area contributed by atoms with E-state index in [9.17, 15) is 14.7 Å². The van der Waals surface area contributed by atoms with Crippen molar-refractivity contribution in [3.8, 4) is 0 Å². The van der Waals surface area contributed by atoms with Crippen LogP contribution in [0, 0.1) is 6.92 Å². The Morgan fingerprint density at radius 1 is 1.18 bits per heavy atom. The van der Waals surface area contributed by atoms with Crippen LogP contribution in [-0.4, -0.2) is 81.1 Å². The van der Waals surface area contributed by atoms with Gasteiger partial charge in [-0.1, -0.05) is 0 Å². The maximum absolute atomic E-state index is 12.7. The molecule has 0 aromatic carbocycles. The van der Waals surface area contributed by atoms with E-state index in [0.29, 0.717) is 38.2 Å². The fourth-order valence-electron chi connectivity index (χ4n) is 4.14. The molecule has 1 aromatic heterocycles. The molecule has 1 atom stereocenters. The van der Waals surface area contributed by atoms with Crippen LogP contribution in [0.3, 0.4) is 0 Å². The molecular formula is C20H31N5O3. The Hall–Kier alpha value is -2.06. The zero-order valence-corrected chi connectivity index (χ0v) is 16.9. The first-order valence-corrected chi connectivity index (χ1v) is 10.1. The van der Waals surface area contributed by atoms with Crippen LogP contribution < -0.4 is 5.32 Å². The quantitative estimate of drug-likeness (QED) is 0.788. The van der Waals surface area contributed by atoms with Crippen molar-refractivity contribution < 1.29 is 14.7 Å². The molecule has 0 aliphatic carbocycles. The fourth-order valence-corrected chi connectivity index (χ4v) is 4.14. The molecule has 0 bridgehead atoms. The predicted molar refractivity (Wildman–Crippen MR) is 105 cm³/mol. The van der Waals surface area contributed by atoms with Gasteiger partial charge >= 0.3 is 0 Å². The maximum Gasteiger partial charge on any atom is 0.274 e. The number of rotatable bonds is 4. The molecule has 28 heavy (non-hydrogen) atoms. The number of piperidine rings is 1. The van der Waals surface area contributed by atoms with E-state index in [0.717, 1.165) is 38.0 Å². The van der Waals surface area contributed by atoms with Crippen LogP contribution in [0.25, 0.3) is 0 Å². The summed E-state index contributed by atoms with van der Waals surface area (Å²) in [5.74, 6) is -0.100. The Kier molecular flexibility index (Phi) is 6.61. The largest absolute Gasteiger partial charge is 0.388 e. The Bertz CT molecular complexity index is 688. The van der Waals surface area contributed by atoms with Crippen molar-refractivity contribution in [3.05, 3.63) is 23.8 Å². The number of likely N-dealkylation sites (tertiary alicyclic amines) is 2. The molecule has 2 fully saturated rings. The molecule has 0 unspecified atom stereocenters. The molecule has 2 amide bonds. The van der Waals surface area contributed by atoms with Gasteiger partial charge in [-0.3, -0.25) is 14.6 Å². The van der Waals surface area contributed by atoms with Crippen molar-refractivity contribution in [3.63, 3.8) is 0 Å². The van der Waals surface area contributed by atoms with E-state index < -0.39 is 5.60 Å². The SMILES string of the molecule is CC(=O)NC1CCN(C[C@]2(O)CCCN(C(=O)c3cnc(C)cn3)CC2)CC1. The van der Waals surface area contributed by atoms with Crippen molar-refractivity contribution in [2.75, 3.05) is 32.7 Å². The van der Waals surface area contributed by atoms with Gasteiger partial charge in [-0.25, -0.2) is 4.98 Å². The molecule has 2 aliphatic heterocycles. The highest BCUT2D eigenvalue weighted by Gasteiger charge is 2.34. The van der Waals surface area contributed by atoms with E-state index in [1.807, 2.05) is 6.92 Å². The molecule has 3 rings (SSSR count). The second-order valence-electron chi connectivity index (χ2n) is 8.16. The third-order valence-corrected chi connectivity index (χ3v) is 5.72. The summed E-state index contributed by atoms with van der Waals surface area (Å²) in [7, 11) is 0. The van der Waals surface area contributed by atoms with E-state index in [-0.39, 0.29) is 17.9 Å². The minimum Gasteiger partial charge on any atom is -0.388 e. The lowest BCUT2D eigenvalue weighted by Crippen LogP contribution is -2.50. The van der Waals surface area contributed by atoms with Crippen LogP contribution in [-0.2, 0) is 4.79 Å². The van der Waals surface area contributed by atoms with Crippen LogP contribution in [0.2, 0.25) is 0 Å². The van der Waals surface area contributed by atoms with E-state index >= 15 is 0 Å². The number of nitrogens with zero attached hydrogens (tertiary/aromatic N) is 4. The van der Waals surface area contributed by atoms with Gasteiger partial charge in [-0.15, -0.1) is 0 Å². The van der Waals surface area contributed by atoms with Crippen molar-refractivity contribution >= 4 is 11.8 Å². The average Bonchev–Trinajstić information content (AvgIpc) is 2.85. The first kappa shape index (κ1) is 20.7. The lowest BCUT2D eigenvalue weighted by atomic mass is 9.93. The minimum absolute atomic E-state index is 0.0175. The number of hydrogen-bond donors (Lipinski definition) is 2. The fraction of sp³-hybridized carbons (Fsp3) is 0.700. The molecule has 0 spiro atoms. The molecule has 8 heteroatoms. The Balaban J connectivity index is 1.52. The van der Waals surface area contributed by atoms with E-state index in [1.54, 1.807) is 18.0 Å². The smallest absolute Gasteiger partial charge is 0.274 e. The van der Waals surface area contributed by atoms with Gasteiger partial charge in [0.2, 0.25) is 5.91 Å². The predicted octanol–water partition coefficient (Wildman–Crippen LogP) is 0.743. The van der Waals surface area contributed by atoms with Crippen molar-refractivity contribution in [2.24, 2.45) is 0 Å². The molecule has 2 aliphatic rings. The number of aryl methyl sites for hydroxylation is 1. The molecule has 154 valence electrons. The van der Waals surface area contributed by atoms with Gasteiger partial charge in [0.25, 0.3) is 5.91 Å². The lowest BCUT2D eigenvalue weighted by Gasteiger charge is -2.38. The molecule has 2 saturated heterocycles. The van der Waals surface area contributed by atoms with Gasteiger partial charge in [0.1, 0.15) is 5.69 Å². The molecule has 2 N–H and O–H groups in total. The third-order valence-electron chi connectivity index (χ3n) is 5.72. The van der Waals surface area contributed by atoms with Crippen molar-refractivity contribution in [2.45, 2.75) is 57.6 Å². The van der Waals surface area contributed by atoms with E-state index in [4.69, 9.17) is 0 Å². The number of β-amino-alcohol motifs (C(OH)–C–C–N with tert-alkyl or cyclic N) is 1. The second-order valence-corrected chi connectivity index (χ2v) is 8.16. The minimum atomic E-state index is -0.783. The van der Waals surface area contributed by atoms with Crippen LogP contribution in [0.15, 0.2) is 12.4 Å². The molecule has 0 radical (unpaired) electrons. The van der Waals surface area contributed by atoms with Gasteiger partial charge in [0.05, 0.1) is 17.5 Å². The number of aromatic nitrogens is 2. The van der Waals surface area contributed by atoms with E-state index in [2.05, 4.69) is 20.2 Å². The number of nitrogens with one attached hydrogen (secondary N) is 1. The topological polar surface area (TPSA) is 98.7 Å². The molecular weight excluding hydrogens is 358 g/mol. The Morgan fingerprint density at radius 3 is 2.57 bits per heavy atom. The van der Waals surface area contributed by atoms with Gasteiger partial charge < -0.3 is 20.2 Å². The van der Waals surface area contributed by atoms with Crippen molar-refractivity contribution in [1.82, 2.24) is 25.1 Å². The Morgan fingerprint density at radius 2 is 1.93 bits per heavy atom. The highest BCUT2D eigenvalue weighted by Crippen LogP contribution is 2.25. The number of hydrogen-bond acceptors (Lipinski definition) is 6.